The highest BCUT2D eigenvalue weighted by molar-refractivity contribution is 5.95. The summed E-state index contributed by atoms with van der Waals surface area (Å²) in [5.41, 5.74) is 7.53. The summed E-state index contributed by atoms with van der Waals surface area (Å²) in [6, 6.07) is 8.35. The van der Waals surface area contributed by atoms with E-state index in [1.165, 1.54) is 6.07 Å². The Kier molecular flexibility index (Phi) is 3.98. The van der Waals surface area contributed by atoms with Crippen molar-refractivity contribution >= 4 is 11.7 Å². The quantitative estimate of drug-likeness (QED) is 0.692. The van der Waals surface area contributed by atoms with Crippen molar-refractivity contribution < 1.29 is 18.3 Å². The van der Waals surface area contributed by atoms with Crippen LogP contribution in [0.1, 0.15) is 21.5 Å². The Hall–Kier alpha value is -2.43. The van der Waals surface area contributed by atoms with E-state index < -0.39 is 17.6 Å². The van der Waals surface area contributed by atoms with Crippen LogP contribution in [-0.2, 0) is 11.3 Å². The second-order valence-electron chi connectivity index (χ2n) is 4.36. The summed E-state index contributed by atoms with van der Waals surface area (Å²) < 4.78 is 30.8. The molecule has 0 spiro atoms. The molecule has 0 aliphatic heterocycles. The number of carbonyl (C=O) groups excluding carboxylic acids is 1. The maximum Gasteiger partial charge on any atom is 0.340 e. The van der Waals surface area contributed by atoms with Gasteiger partial charge in [-0.3, -0.25) is 0 Å². The highest BCUT2D eigenvalue weighted by Crippen LogP contribution is 2.18. The van der Waals surface area contributed by atoms with E-state index in [1.807, 2.05) is 0 Å². The lowest BCUT2D eigenvalue weighted by atomic mass is 10.1. The van der Waals surface area contributed by atoms with Gasteiger partial charge >= 0.3 is 5.97 Å². The largest absolute Gasteiger partial charge is 0.457 e. The van der Waals surface area contributed by atoms with Crippen LogP contribution in [0, 0.1) is 18.6 Å². The number of halogens is 2. The zero-order valence-electron chi connectivity index (χ0n) is 10.8. The third-order valence-corrected chi connectivity index (χ3v) is 2.90. The lowest BCUT2D eigenvalue weighted by Crippen LogP contribution is -2.09. The molecule has 0 fully saturated rings. The molecule has 5 heteroatoms. The first kappa shape index (κ1) is 14.0. The van der Waals surface area contributed by atoms with E-state index in [4.69, 9.17) is 10.5 Å². The predicted octanol–water partition coefficient (Wildman–Crippen LogP) is 3.21. The van der Waals surface area contributed by atoms with Crippen molar-refractivity contribution in [1.29, 1.82) is 0 Å². The zero-order chi connectivity index (χ0) is 14.7. The van der Waals surface area contributed by atoms with Crippen LogP contribution in [0.25, 0.3) is 0 Å². The fourth-order valence-corrected chi connectivity index (χ4v) is 1.71. The molecule has 0 aromatic heterocycles. The van der Waals surface area contributed by atoms with E-state index in [9.17, 15) is 13.6 Å². The van der Waals surface area contributed by atoms with Crippen molar-refractivity contribution in [2.24, 2.45) is 0 Å². The number of nitrogens with two attached hydrogens (primary N) is 1. The Balaban J connectivity index is 2.08. The molecular formula is C15H13F2NO2. The third kappa shape index (κ3) is 2.93. The number of hydrogen-bond donors (Lipinski definition) is 1. The van der Waals surface area contributed by atoms with Crippen LogP contribution >= 0.6 is 0 Å². The number of ether oxygens (including phenoxy) is 1. The fraction of sp³-hybridized carbons (Fsp3) is 0.133. The smallest absolute Gasteiger partial charge is 0.340 e. The van der Waals surface area contributed by atoms with E-state index in [0.717, 1.165) is 17.7 Å². The molecule has 0 aliphatic carbocycles. The van der Waals surface area contributed by atoms with E-state index in [-0.39, 0.29) is 12.2 Å². The number of benzene rings is 2. The van der Waals surface area contributed by atoms with Crippen LogP contribution in [0.15, 0.2) is 36.4 Å². The van der Waals surface area contributed by atoms with Crippen LogP contribution in [0.5, 0.6) is 0 Å². The molecule has 20 heavy (non-hydrogen) atoms. The van der Waals surface area contributed by atoms with Gasteiger partial charge in [0.15, 0.2) is 11.6 Å². The number of esters is 1. The highest BCUT2D eigenvalue weighted by Gasteiger charge is 2.13. The van der Waals surface area contributed by atoms with Crippen LogP contribution in [0.4, 0.5) is 14.5 Å². The Morgan fingerprint density at radius 1 is 1.20 bits per heavy atom. The topological polar surface area (TPSA) is 52.3 Å². The minimum Gasteiger partial charge on any atom is -0.457 e. The van der Waals surface area contributed by atoms with Gasteiger partial charge in [0, 0.05) is 5.69 Å². The lowest BCUT2D eigenvalue weighted by molar-refractivity contribution is 0.0473. The predicted molar refractivity (Wildman–Crippen MR) is 71.1 cm³/mol. The summed E-state index contributed by atoms with van der Waals surface area (Å²) in [4.78, 5) is 11.9. The molecule has 2 N–H and O–H groups in total. The van der Waals surface area contributed by atoms with Crippen LogP contribution in [-0.4, -0.2) is 5.97 Å². The summed E-state index contributed by atoms with van der Waals surface area (Å²) in [5, 5.41) is 0. The molecule has 0 amide bonds. The summed E-state index contributed by atoms with van der Waals surface area (Å²) in [6.45, 7) is 1.63. The van der Waals surface area contributed by atoms with Gasteiger partial charge in [0.25, 0.3) is 0 Å². The molecule has 0 saturated carbocycles. The van der Waals surface area contributed by atoms with Gasteiger partial charge < -0.3 is 10.5 Å². The van der Waals surface area contributed by atoms with Gasteiger partial charge in [0.05, 0.1) is 5.56 Å². The molecule has 0 bridgehead atoms. The first-order valence-electron chi connectivity index (χ1n) is 5.95. The Morgan fingerprint density at radius 3 is 2.65 bits per heavy atom. The Morgan fingerprint density at radius 2 is 1.95 bits per heavy atom. The molecule has 0 heterocycles. The third-order valence-electron chi connectivity index (χ3n) is 2.90. The average Bonchev–Trinajstić information content (AvgIpc) is 2.43. The minimum atomic E-state index is -0.978. The molecule has 2 aromatic carbocycles. The highest BCUT2D eigenvalue weighted by atomic mass is 19.2. The van der Waals surface area contributed by atoms with Gasteiger partial charge in [-0.15, -0.1) is 0 Å². The van der Waals surface area contributed by atoms with Gasteiger partial charge in [0.1, 0.15) is 6.61 Å². The number of hydrogen-bond acceptors (Lipinski definition) is 3. The molecule has 104 valence electrons. The van der Waals surface area contributed by atoms with Crippen molar-refractivity contribution in [2.75, 3.05) is 5.73 Å². The normalized spacial score (nSPS) is 10.3. The molecular weight excluding hydrogens is 264 g/mol. The number of anilines is 1. The first-order valence-corrected chi connectivity index (χ1v) is 5.95. The van der Waals surface area contributed by atoms with Crippen molar-refractivity contribution in [2.45, 2.75) is 13.5 Å². The first-order chi connectivity index (χ1) is 9.49. The number of aryl methyl sites for hydroxylation is 1. The molecule has 3 nitrogen and oxygen atoms in total. The molecule has 0 saturated heterocycles. The minimum absolute atomic E-state index is 0.149. The lowest BCUT2D eigenvalue weighted by Gasteiger charge is -2.09. The van der Waals surface area contributed by atoms with Crippen LogP contribution in [0.2, 0.25) is 0 Å². The Labute approximate surface area is 115 Å². The van der Waals surface area contributed by atoms with E-state index in [1.54, 1.807) is 25.1 Å². The standard InChI is InChI=1S/C15H13F2NO2/c1-9-3-2-4-11(14(9)18)15(19)20-8-10-5-6-12(16)13(17)7-10/h2-7H,8,18H2,1H3. The summed E-state index contributed by atoms with van der Waals surface area (Å²) in [5.74, 6) is -2.52. The summed E-state index contributed by atoms with van der Waals surface area (Å²) in [7, 11) is 0. The molecule has 0 atom stereocenters. The van der Waals surface area contributed by atoms with Gasteiger partial charge in [-0.25, -0.2) is 13.6 Å². The second-order valence-corrected chi connectivity index (χ2v) is 4.36. The van der Waals surface area contributed by atoms with Gasteiger partial charge in [-0.1, -0.05) is 18.2 Å². The monoisotopic (exact) mass is 277 g/mol. The van der Waals surface area contributed by atoms with Crippen molar-refractivity contribution in [3.63, 3.8) is 0 Å². The van der Waals surface area contributed by atoms with Gasteiger partial charge in [-0.05, 0) is 36.2 Å². The fourth-order valence-electron chi connectivity index (χ4n) is 1.71. The average molecular weight is 277 g/mol. The van der Waals surface area contributed by atoms with Crippen LogP contribution < -0.4 is 5.73 Å². The number of rotatable bonds is 3. The van der Waals surface area contributed by atoms with Crippen LogP contribution in [0.3, 0.4) is 0 Å². The second kappa shape index (κ2) is 5.69. The molecule has 2 aromatic rings. The van der Waals surface area contributed by atoms with E-state index in [0.29, 0.717) is 11.3 Å². The molecule has 0 radical (unpaired) electrons. The molecule has 2 rings (SSSR count). The van der Waals surface area contributed by atoms with Crippen molar-refractivity contribution in [1.82, 2.24) is 0 Å². The number of carbonyl (C=O) groups is 1. The number of para-hydroxylation sites is 1. The summed E-state index contributed by atoms with van der Waals surface area (Å²) >= 11 is 0. The number of nitrogen functional groups attached to an aromatic ring is 1. The molecule has 0 aliphatic rings. The summed E-state index contributed by atoms with van der Waals surface area (Å²) in [6.07, 6.45) is 0. The van der Waals surface area contributed by atoms with Gasteiger partial charge in [0.2, 0.25) is 0 Å². The maximum absolute atomic E-state index is 13.0. The molecule has 0 unspecified atom stereocenters. The SMILES string of the molecule is Cc1cccc(C(=O)OCc2ccc(F)c(F)c2)c1N. The van der Waals surface area contributed by atoms with Crippen molar-refractivity contribution in [3.8, 4) is 0 Å². The zero-order valence-corrected chi connectivity index (χ0v) is 10.8. The van der Waals surface area contributed by atoms with E-state index in [2.05, 4.69) is 0 Å². The maximum atomic E-state index is 13.0. The Bertz CT molecular complexity index is 656. The van der Waals surface area contributed by atoms with Crippen molar-refractivity contribution in [3.05, 3.63) is 64.7 Å². The van der Waals surface area contributed by atoms with Gasteiger partial charge in [-0.2, -0.15) is 0 Å². The van der Waals surface area contributed by atoms with E-state index >= 15 is 0 Å².